The molecule has 35 heavy (non-hydrogen) atoms. The van der Waals surface area contributed by atoms with Gasteiger partial charge in [0, 0.05) is 16.9 Å². The molecule has 0 unspecified atom stereocenters. The Hall–Kier alpha value is -3.65. The molecule has 8 heteroatoms. The number of amides is 3. The molecule has 1 N–H and O–H groups in total. The Balaban J connectivity index is 1.54. The van der Waals surface area contributed by atoms with Crippen LogP contribution in [0.2, 0.25) is 0 Å². The number of rotatable bonds is 4. The summed E-state index contributed by atoms with van der Waals surface area (Å²) in [5.74, 6) is -1.28. The number of halogens is 1. The average Bonchev–Trinajstić information content (AvgIpc) is 3.28. The molecule has 2 aliphatic heterocycles. The van der Waals surface area contributed by atoms with Gasteiger partial charge in [-0.25, -0.2) is 4.39 Å². The van der Waals surface area contributed by atoms with Crippen molar-refractivity contribution in [2.24, 2.45) is 0 Å². The molecule has 0 bridgehead atoms. The third-order valence-corrected chi connectivity index (χ3v) is 7.81. The van der Waals surface area contributed by atoms with Crippen LogP contribution in [0.15, 0.2) is 60.7 Å². The molecule has 1 saturated heterocycles. The summed E-state index contributed by atoms with van der Waals surface area (Å²) in [4.78, 5) is 41.8. The Bertz CT molecular complexity index is 1370. The maximum atomic E-state index is 14.1. The van der Waals surface area contributed by atoms with Crippen LogP contribution in [-0.4, -0.2) is 30.0 Å². The van der Waals surface area contributed by atoms with Crippen LogP contribution in [0, 0.1) is 26.6 Å². The minimum absolute atomic E-state index is 0.0963. The van der Waals surface area contributed by atoms with Crippen LogP contribution < -0.4 is 15.1 Å². The fraction of sp³-hybridized carbons (Fsp3) is 0.222. The van der Waals surface area contributed by atoms with Crippen LogP contribution in [0.1, 0.15) is 22.3 Å². The molecular formula is C27H24FN3O3S. The highest BCUT2D eigenvalue weighted by molar-refractivity contribution is 8.02. The van der Waals surface area contributed by atoms with E-state index in [-0.39, 0.29) is 30.0 Å². The molecule has 1 atom stereocenters. The number of hydrogen-bond acceptors (Lipinski definition) is 4. The topological polar surface area (TPSA) is 69.7 Å². The SMILES string of the molecule is Cc1ccc(NC(=O)CN2C(=O)[C@]3(SCC(=O)N3c3ccc(F)cc3)c3cccc(C)c32)c(C)c1. The first kappa shape index (κ1) is 23.1. The minimum Gasteiger partial charge on any atom is -0.324 e. The van der Waals surface area contributed by atoms with Gasteiger partial charge < -0.3 is 5.32 Å². The number of nitrogens with zero attached hydrogens (tertiary/aromatic N) is 2. The van der Waals surface area contributed by atoms with Crippen molar-refractivity contribution < 1.29 is 18.8 Å². The van der Waals surface area contributed by atoms with E-state index in [0.29, 0.717) is 22.6 Å². The molecule has 2 heterocycles. The number of benzene rings is 3. The predicted octanol–water partition coefficient (Wildman–Crippen LogP) is 4.67. The van der Waals surface area contributed by atoms with Crippen LogP contribution in [0.5, 0.6) is 0 Å². The van der Waals surface area contributed by atoms with Crippen molar-refractivity contribution in [3.8, 4) is 0 Å². The van der Waals surface area contributed by atoms with Gasteiger partial charge in [-0.2, -0.15) is 0 Å². The molecule has 3 aromatic rings. The Labute approximate surface area is 207 Å². The summed E-state index contributed by atoms with van der Waals surface area (Å²) in [5, 5.41) is 2.91. The Kier molecular flexibility index (Phi) is 5.63. The van der Waals surface area contributed by atoms with E-state index in [1.54, 1.807) is 0 Å². The summed E-state index contributed by atoms with van der Waals surface area (Å²) in [6.45, 7) is 5.58. The fourth-order valence-corrected chi connectivity index (χ4v) is 6.22. The molecule has 1 fully saturated rings. The molecule has 1 spiro atoms. The van der Waals surface area contributed by atoms with Crippen LogP contribution in [-0.2, 0) is 19.3 Å². The van der Waals surface area contributed by atoms with Gasteiger partial charge in [0.15, 0.2) is 0 Å². The van der Waals surface area contributed by atoms with E-state index >= 15 is 0 Å². The third kappa shape index (κ3) is 3.69. The van der Waals surface area contributed by atoms with Crippen LogP contribution in [0.3, 0.4) is 0 Å². The molecule has 0 saturated carbocycles. The maximum Gasteiger partial charge on any atom is 0.269 e. The Morgan fingerprint density at radius 3 is 2.49 bits per heavy atom. The van der Waals surface area contributed by atoms with E-state index in [1.807, 2.05) is 57.2 Å². The zero-order valence-electron chi connectivity index (χ0n) is 19.6. The number of carbonyl (C=O) groups excluding carboxylic acids is 3. The average molecular weight is 490 g/mol. The second-order valence-electron chi connectivity index (χ2n) is 8.87. The third-order valence-electron chi connectivity index (χ3n) is 6.42. The molecule has 6 nitrogen and oxygen atoms in total. The predicted molar refractivity (Wildman–Crippen MR) is 136 cm³/mol. The number of nitrogens with one attached hydrogen (secondary N) is 1. The number of fused-ring (bicyclic) bond motifs is 2. The van der Waals surface area contributed by atoms with Crippen molar-refractivity contribution in [2.75, 3.05) is 27.4 Å². The monoisotopic (exact) mass is 489 g/mol. The van der Waals surface area contributed by atoms with Gasteiger partial charge in [0.1, 0.15) is 12.4 Å². The summed E-state index contributed by atoms with van der Waals surface area (Å²) < 4.78 is 13.6. The van der Waals surface area contributed by atoms with Crippen LogP contribution in [0.4, 0.5) is 21.5 Å². The van der Waals surface area contributed by atoms with Gasteiger partial charge in [0.25, 0.3) is 5.91 Å². The largest absolute Gasteiger partial charge is 0.324 e. The van der Waals surface area contributed by atoms with Gasteiger partial charge in [0.05, 0.1) is 11.4 Å². The highest BCUT2D eigenvalue weighted by Crippen LogP contribution is 2.56. The van der Waals surface area contributed by atoms with Gasteiger partial charge in [-0.3, -0.25) is 24.2 Å². The van der Waals surface area contributed by atoms with Crippen LogP contribution in [0.25, 0.3) is 0 Å². The first-order chi connectivity index (χ1) is 16.7. The Morgan fingerprint density at radius 2 is 1.77 bits per heavy atom. The van der Waals surface area contributed by atoms with Crippen molar-refractivity contribution in [3.05, 3.63) is 88.7 Å². The number of carbonyl (C=O) groups is 3. The quantitative estimate of drug-likeness (QED) is 0.578. The first-order valence-corrected chi connectivity index (χ1v) is 12.2. The molecule has 0 aliphatic carbocycles. The van der Waals surface area contributed by atoms with E-state index in [0.717, 1.165) is 16.7 Å². The van der Waals surface area contributed by atoms with E-state index in [1.165, 1.54) is 45.8 Å². The zero-order valence-corrected chi connectivity index (χ0v) is 20.4. The number of thioether (sulfide) groups is 1. The molecule has 0 aromatic heterocycles. The fourth-order valence-electron chi connectivity index (χ4n) is 4.87. The van der Waals surface area contributed by atoms with Crippen molar-refractivity contribution in [1.29, 1.82) is 0 Å². The molecule has 178 valence electrons. The lowest BCUT2D eigenvalue weighted by atomic mass is 10.0. The highest BCUT2D eigenvalue weighted by atomic mass is 32.2. The van der Waals surface area contributed by atoms with Gasteiger partial charge in [-0.15, -0.1) is 11.8 Å². The summed E-state index contributed by atoms with van der Waals surface area (Å²) >= 11 is 1.23. The Morgan fingerprint density at radius 1 is 1.03 bits per heavy atom. The van der Waals surface area contributed by atoms with E-state index in [4.69, 9.17) is 0 Å². The number of anilines is 3. The number of para-hydroxylation sites is 1. The van der Waals surface area contributed by atoms with E-state index in [9.17, 15) is 18.8 Å². The van der Waals surface area contributed by atoms with Crippen molar-refractivity contribution in [1.82, 2.24) is 0 Å². The van der Waals surface area contributed by atoms with Crippen molar-refractivity contribution in [3.63, 3.8) is 0 Å². The molecule has 2 aliphatic rings. The molecule has 3 aromatic carbocycles. The van der Waals surface area contributed by atoms with Crippen molar-refractivity contribution >= 4 is 46.5 Å². The first-order valence-electron chi connectivity index (χ1n) is 11.2. The van der Waals surface area contributed by atoms with Gasteiger partial charge >= 0.3 is 0 Å². The summed E-state index contributed by atoms with van der Waals surface area (Å²) in [7, 11) is 0. The van der Waals surface area contributed by atoms with Gasteiger partial charge in [0.2, 0.25) is 16.7 Å². The lowest BCUT2D eigenvalue weighted by Crippen LogP contribution is -2.50. The van der Waals surface area contributed by atoms with E-state index in [2.05, 4.69) is 5.32 Å². The highest BCUT2D eigenvalue weighted by Gasteiger charge is 2.61. The van der Waals surface area contributed by atoms with Crippen LogP contribution >= 0.6 is 11.8 Å². The smallest absolute Gasteiger partial charge is 0.269 e. The molecule has 5 rings (SSSR count). The summed E-state index contributed by atoms with van der Waals surface area (Å²) in [5.41, 5.74) is 5.24. The summed E-state index contributed by atoms with van der Waals surface area (Å²) in [6.07, 6.45) is 0. The van der Waals surface area contributed by atoms with Gasteiger partial charge in [-0.1, -0.05) is 35.9 Å². The second kappa shape index (κ2) is 8.53. The summed E-state index contributed by atoms with van der Waals surface area (Å²) in [6, 6.07) is 16.8. The molecule has 0 radical (unpaired) electrons. The molecule has 3 amide bonds. The number of hydrogen-bond donors (Lipinski definition) is 1. The second-order valence-corrected chi connectivity index (χ2v) is 10.0. The number of aryl methyl sites for hydroxylation is 3. The molecular weight excluding hydrogens is 465 g/mol. The minimum atomic E-state index is -1.35. The van der Waals surface area contributed by atoms with E-state index < -0.39 is 10.7 Å². The normalized spacial score (nSPS) is 19.0. The lowest BCUT2D eigenvalue weighted by Gasteiger charge is -2.33. The standard InChI is InChI=1S/C27H24FN3O3S/c1-16-7-12-22(18(3)13-16)29-23(32)14-30-25-17(2)5-4-6-21(25)27(26(30)34)31(24(33)15-35-27)20-10-8-19(28)9-11-20/h4-13H,14-15H2,1-3H3,(H,29,32)/t27-/m1/s1. The lowest BCUT2D eigenvalue weighted by molar-refractivity contribution is -0.124. The van der Waals surface area contributed by atoms with Crippen molar-refractivity contribution in [2.45, 2.75) is 25.6 Å². The van der Waals surface area contributed by atoms with Gasteiger partial charge in [-0.05, 0) is 62.2 Å². The zero-order chi connectivity index (χ0) is 24.9. The maximum absolute atomic E-state index is 14.1.